The molecule has 0 aromatic heterocycles. The Bertz CT molecular complexity index is 872. The van der Waals surface area contributed by atoms with E-state index in [-0.39, 0.29) is 5.57 Å². The Hall–Kier alpha value is -2.55. The Morgan fingerprint density at radius 1 is 1.36 bits per heavy atom. The van der Waals surface area contributed by atoms with Crippen LogP contribution >= 0.6 is 27.5 Å². The molecule has 25 heavy (non-hydrogen) atoms. The second-order valence-electron chi connectivity index (χ2n) is 4.92. The average molecular weight is 418 g/mol. The Balaban J connectivity index is 2.19. The molecule has 126 valence electrons. The van der Waals surface area contributed by atoms with Gasteiger partial charge < -0.3 is 10.1 Å². The molecule has 0 aliphatic rings. The molecule has 0 aliphatic carbocycles. The quantitative estimate of drug-likeness (QED) is 0.398. The summed E-state index contributed by atoms with van der Waals surface area (Å²) < 4.78 is 6.19. The zero-order valence-corrected chi connectivity index (χ0v) is 15.5. The van der Waals surface area contributed by atoms with E-state index in [0.29, 0.717) is 28.6 Å². The first-order valence-corrected chi connectivity index (χ1v) is 8.42. The minimum atomic E-state index is -0.507. The van der Waals surface area contributed by atoms with Crippen molar-refractivity contribution in [1.82, 2.24) is 0 Å². The Labute approximate surface area is 159 Å². The summed E-state index contributed by atoms with van der Waals surface area (Å²) in [5.41, 5.74) is 1.19. The van der Waals surface area contributed by atoms with Crippen LogP contribution in [0.1, 0.15) is 5.56 Å². The summed E-state index contributed by atoms with van der Waals surface area (Å²) in [5.74, 6) is 0.145. The van der Waals surface area contributed by atoms with E-state index in [9.17, 15) is 10.1 Å². The SMILES string of the molecule is C=CCOc1ccc(/C=C(/C#N)C(=O)Nc2cccc(Cl)c2)cc1Br. The maximum atomic E-state index is 12.3. The van der Waals surface area contributed by atoms with Crippen LogP contribution in [-0.2, 0) is 4.79 Å². The van der Waals surface area contributed by atoms with Gasteiger partial charge in [0, 0.05) is 10.7 Å². The average Bonchev–Trinajstić information content (AvgIpc) is 2.58. The Kier molecular flexibility index (Phi) is 6.81. The van der Waals surface area contributed by atoms with Gasteiger partial charge in [-0.25, -0.2) is 0 Å². The number of hydrogen-bond acceptors (Lipinski definition) is 3. The van der Waals surface area contributed by atoms with Gasteiger partial charge in [-0.3, -0.25) is 4.79 Å². The number of hydrogen-bond donors (Lipinski definition) is 1. The summed E-state index contributed by atoms with van der Waals surface area (Å²) in [6.45, 7) is 3.98. The lowest BCUT2D eigenvalue weighted by Crippen LogP contribution is -2.13. The van der Waals surface area contributed by atoms with Crippen molar-refractivity contribution in [3.8, 4) is 11.8 Å². The molecule has 1 amide bonds. The number of nitrogens with zero attached hydrogens (tertiary/aromatic N) is 1. The van der Waals surface area contributed by atoms with Crippen molar-refractivity contribution in [1.29, 1.82) is 5.26 Å². The molecule has 0 saturated carbocycles. The van der Waals surface area contributed by atoms with Crippen LogP contribution in [0, 0.1) is 11.3 Å². The van der Waals surface area contributed by atoms with Gasteiger partial charge in [-0.15, -0.1) is 0 Å². The van der Waals surface area contributed by atoms with Crippen LogP contribution in [-0.4, -0.2) is 12.5 Å². The largest absolute Gasteiger partial charge is 0.488 e. The lowest BCUT2D eigenvalue weighted by atomic mass is 10.1. The summed E-state index contributed by atoms with van der Waals surface area (Å²) >= 11 is 9.29. The molecular formula is C19H14BrClN2O2. The number of rotatable bonds is 6. The molecule has 0 spiro atoms. The van der Waals surface area contributed by atoms with Crippen molar-refractivity contribution < 1.29 is 9.53 Å². The lowest BCUT2D eigenvalue weighted by molar-refractivity contribution is -0.112. The predicted octanol–water partition coefficient (Wildman–Crippen LogP) is 5.21. The summed E-state index contributed by atoms with van der Waals surface area (Å²) in [6, 6.07) is 13.9. The van der Waals surface area contributed by atoms with E-state index in [1.165, 1.54) is 6.08 Å². The molecule has 0 atom stereocenters. The number of carbonyl (C=O) groups is 1. The number of nitriles is 1. The van der Waals surface area contributed by atoms with Gasteiger partial charge >= 0.3 is 0 Å². The third kappa shape index (κ3) is 5.49. The summed E-state index contributed by atoms with van der Waals surface area (Å²) in [6.07, 6.45) is 3.15. The molecule has 6 heteroatoms. The van der Waals surface area contributed by atoms with Crippen LogP contribution in [0.2, 0.25) is 5.02 Å². The summed E-state index contributed by atoms with van der Waals surface area (Å²) in [7, 11) is 0. The number of anilines is 1. The molecule has 0 unspecified atom stereocenters. The minimum Gasteiger partial charge on any atom is -0.488 e. The summed E-state index contributed by atoms with van der Waals surface area (Å²) in [5, 5.41) is 12.4. The van der Waals surface area contributed by atoms with Crippen LogP contribution < -0.4 is 10.1 Å². The molecule has 0 radical (unpaired) electrons. The van der Waals surface area contributed by atoms with Gasteiger partial charge in [-0.1, -0.05) is 36.4 Å². The standard InChI is InChI=1S/C19H14BrClN2O2/c1-2-8-25-18-7-6-13(10-17(18)20)9-14(12-22)19(24)23-16-5-3-4-15(21)11-16/h2-7,9-11H,1,8H2,(H,23,24)/b14-9-. The number of ether oxygens (including phenoxy) is 1. The zero-order chi connectivity index (χ0) is 18.2. The number of benzene rings is 2. The number of amides is 1. The van der Waals surface area contributed by atoms with Crippen molar-refractivity contribution in [3.05, 3.63) is 75.8 Å². The predicted molar refractivity (Wildman–Crippen MR) is 104 cm³/mol. The fourth-order valence-electron chi connectivity index (χ4n) is 1.95. The van der Waals surface area contributed by atoms with Gasteiger partial charge in [0.15, 0.2) is 0 Å². The minimum absolute atomic E-state index is 0.0216. The lowest BCUT2D eigenvalue weighted by Gasteiger charge is -2.07. The first-order chi connectivity index (χ1) is 12.0. The van der Waals surface area contributed by atoms with Crippen molar-refractivity contribution in [2.75, 3.05) is 11.9 Å². The molecule has 4 nitrogen and oxygen atoms in total. The second-order valence-corrected chi connectivity index (χ2v) is 6.21. The van der Waals surface area contributed by atoms with Crippen LogP contribution in [0.5, 0.6) is 5.75 Å². The van der Waals surface area contributed by atoms with Crippen molar-refractivity contribution in [2.45, 2.75) is 0 Å². The monoisotopic (exact) mass is 416 g/mol. The van der Waals surface area contributed by atoms with E-state index in [0.717, 1.165) is 4.47 Å². The van der Waals surface area contributed by atoms with Gasteiger partial charge in [-0.05, 0) is 57.9 Å². The van der Waals surface area contributed by atoms with Crippen molar-refractivity contribution in [3.63, 3.8) is 0 Å². The van der Waals surface area contributed by atoms with Gasteiger partial charge in [-0.2, -0.15) is 5.26 Å². The van der Waals surface area contributed by atoms with Crippen molar-refractivity contribution >= 4 is 45.2 Å². The van der Waals surface area contributed by atoms with E-state index in [1.807, 2.05) is 6.07 Å². The highest BCUT2D eigenvalue weighted by Gasteiger charge is 2.10. The molecule has 0 heterocycles. The van der Waals surface area contributed by atoms with Crippen LogP contribution in [0.25, 0.3) is 6.08 Å². The van der Waals surface area contributed by atoms with Crippen LogP contribution in [0.15, 0.2) is 65.2 Å². The highest BCUT2D eigenvalue weighted by atomic mass is 79.9. The van der Waals surface area contributed by atoms with E-state index in [1.54, 1.807) is 48.5 Å². The van der Waals surface area contributed by atoms with Gasteiger partial charge in [0.2, 0.25) is 0 Å². The van der Waals surface area contributed by atoms with E-state index in [4.69, 9.17) is 16.3 Å². The fraction of sp³-hybridized carbons (Fsp3) is 0.0526. The first kappa shape index (κ1) is 18.8. The van der Waals surface area contributed by atoms with Gasteiger partial charge in [0.25, 0.3) is 5.91 Å². The maximum Gasteiger partial charge on any atom is 0.266 e. The van der Waals surface area contributed by atoms with Crippen LogP contribution in [0.3, 0.4) is 0 Å². The zero-order valence-electron chi connectivity index (χ0n) is 13.1. The van der Waals surface area contributed by atoms with E-state index >= 15 is 0 Å². The highest BCUT2D eigenvalue weighted by molar-refractivity contribution is 9.10. The molecule has 0 fully saturated rings. The van der Waals surface area contributed by atoms with Crippen molar-refractivity contribution in [2.24, 2.45) is 0 Å². The molecule has 2 aromatic rings. The van der Waals surface area contributed by atoms with Gasteiger partial charge in [0.1, 0.15) is 24.0 Å². The molecule has 1 N–H and O–H groups in total. The molecule has 2 aromatic carbocycles. The van der Waals surface area contributed by atoms with E-state index in [2.05, 4.69) is 27.8 Å². The molecular weight excluding hydrogens is 404 g/mol. The smallest absolute Gasteiger partial charge is 0.266 e. The van der Waals surface area contributed by atoms with Gasteiger partial charge in [0.05, 0.1) is 4.47 Å². The summed E-state index contributed by atoms with van der Waals surface area (Å²) in [4.78, 5) is 12.3. The number of halogens is 2. The molecule has 0 bridgehead atoms. The second kappa shape index (κ2) is 9.07. The first-order valence-electron chi connectivity index (χ1n) is 7.25. The van der Waals surface area contributed by atoms with E-state index < -0.39 is 5.91 Å². The maximum absolute atomic E-state index is 12.3. The van der Waals surface area contributed by atoms with Crippen LogP contribution in [0.4, 0.5) is 5.69 Å². The normalized spacial score (nSPS) is 10.7. The molecule has 0 aliphatic heterocycles. The topological polar surface area (TPSA) is 62.1 Å². The fourth-order valence-corrected chi connectivity index (χ4v) is 2.65. The number of nitrogens with one attached hydrogen (secondary N) is 1. The third-order valence-corrected chi connectivity index (χ3v) is 3.93. The third-order valence-electron chi connectivity index (χ3n) is 3.07. The Morgan fingerprint density at radius 3 is 2.80 bits per heavy atom. The highest BCUT2D eigenvalue weighted by Crippen LogP contribution is 2.27. The Morgan fingerprint density at radius 2 is 2.16 bits per heavy atom. The molecule has 0 saturated heterocycles. The number of carbonyl (C=O) groups excluding carboxylic acids is 1. The molecule has 2 rings (SSSR count).